The summed E-state index contributed by atoms with van der Waals surface area (Å²) in [6, 6.07) is 12.1. The fourth-order valence-corrected chi connectivity index (χ4v) is 6.00. The van der Waals surface area contributed by atoms with Crippen molar-refractivity contribution in [3.63, 3.8) is 0 Å². The molecule has 2 aromatic rings. The first kappa shape index (κ1) is 19.9. The van der Waals surface area contributed by atoms with Crippen LogP contribution in [0.1, 0.15) is 18.4 Å². The predicted octanol–water partition coefficient (Wildman–Crippen LogP) is 4.09. The van der Waals surface area contributed by atoms with Crippen LogP contribution < -0.4 is 4.90 Å². The largest absolute Gasteiger partial charge is 0.312 e. The Morgan fingerprint density at radius 3 is 2.61 bits per heavy atom. The van der Waals surface area contributed by atoms with Crippen LogP contribution in [0.15, 0.2) is 51.8 Å². The first-order valence-electron chi connectivity index (χ1n) is 9.22. The van der Waals surface area contributed by atoms with Gasteiger partial charge in [0.25, 0.3) is 0 Å². The number of hydrogen-bond donors (Lipinski definition) is 0. The van der Waals surface area contributed by atoms with Crippen LogP contribution in [0.25, 0.3) is 0 Å². The first-order chi connectivity index (χ1) is 13.4. The molecule has 1 fully saturated rings. The van der Waals surface area contributed by atoms with Gasteiger partial charge in [-0.3, -0.25) is 4.79 Å². The normalized spacial score (nSPS) is 20.2. The van der Waals surface area contributed by atoms with Gasteiger partial charge in [-0.25, -0.2) is 8.42 Å². The van der Waals surface area contributed by atoms with Crippen molar-refractivity contribution < 1.29 is 13.2 Å². The van der Waals surface area contributed by atoms with Crippen LogP contribution in [-0.4, -0.2) is 38.3 Å². The molecule has 4 rings (SSSR count). The summed E-state index contributed by atoms with van der Waals surface area (Å²) >= 11 is 9.34. The third kappa shape index (κ3) is 3.73. The van der Waals surface area contributed by atoms with Crippen molar-refractivity contribution in [3.05, 3.63) is 57.5 Å². The summed E-state index contributed by atoms with van der Waals surface area (Å²) in [5.74, 6) is -0.317. The Labute approximate surface area is 178 Å². The Hall–Kier alpha value is -1.41. The van der Waals surface area contributed by atoms with Gasteiger partial charge < -0.3 is 4.90 Å². The smallest absolute Gasteiger partial charge is 0.243 e. The van der Waals surface area contributed by atoms with Gasteiger partial charge in [-0.15, -0.1) is 0 Å². The lowest BCUT2D eigenvalue weighted by Crippen LogP contribution is -2.46. The number of piperidine rings is 1. The third-order valence-corrected chi connectivity index (χ3v) is 8.01. The molecule has 148 valence electrons. The van der Waals surface area contributed by atoms with Crippen molar-refractivity contribution in [1.82, 2.24) is 4.31 Å². The molecule has 8 heteroatoms. The summed E-state index contributed by atoms with van der Waals surface area (Å²) < 4.78 is 28.4. The van der Waals surface area contributed by atoms with Crippen LogP contribution >= 0.6 is 27.5 Å². The second kappa shape index (κ2) is 7.78. The van der Waals surface area contributed by atoms with Gasteiger partial charge in [-0.2, -0.15) is 4.31 Å². The van der Waals surface area contributed by atoms with E-state index in [2.05, 4.69) is 15.9 Å². The molecule has 0 N–H and O–H groups in total. The van der Waals surface area contributed by atoms with Crippen LogP contribution in [0.4, 0.5) is 5.69 Å². The highest BCUT2D eigenvalue weighted by Gasteiger charge is 2.37. The zero-order valence-electron chi connectivity index (χ0n) is 15.1. The molecule has 1 amide bonds. The summed E-state index contributed by atoms with van der Waals surface area (Å²) in [5.41, 5.74) is 2.08. The van der Waals surface area contributed by atoms with Gasteiger partial charge in [-0.1, -0.05) is 27.5 Å². The minimum absolute atomic E-state index is 0.0112. The Morgan fingerprint density at radius 2 is 1.86 bits per heavy atom. The summed E-state index contributed by atoms with van der Waals surface area (Å²) in [7, 11) is -3.64. The Kier molecular flexibility index (Phi) is 5.53. The van der Waals surface area contributed by atoms with E-state index in [4.69, 9.17) is 11.6 Å². The quantitative estimate of drug-likeness (QED) is 0.661. The standard InChI is InChI=1S/C20H20BrClN2O3S/c21-16-3-8-19-14(12-16)9-11-24(19)20(25)15-2-1-10-23(13-15)28(26,27)18-6-4-17(22)5-7-18/h3-8,12,15H,1-2,9-11,13H2. The fourth-order valence-electron chi connectivity index (χ4n) is 3.94. The van der Waals surface area contributed by atoms with E-state index < -0.39 is 10.0 Å². The zero-order valence-corrected chi connectivity index (χ0v) is 18.3. The average Bonchev–Trinajstić information content (AvgIpc) is 3.10. The van der Waals surface area contributed by atoms with Gasteiger partial charge in [-0.05, 0) is 67.3 Å². The Morgan fingerprint density at radius 1 is 1.11 bits per heavy atom. The maximum absolute atomic E-state index is 13.2. The number of amides is 1. The molecular formula is C20H20BrClN2O3S. The molecule has 2 aliphatic heterocycles. The van der Waals surface area contributed by atoms with E-state index in [1.165, 1.54) is 16.4 Å². The molecule has 0 saturated carbocycles. The van der Waals surface area contributed by atoms with Gasteiger partial charge in [0.05, 0.1) is 10.8 Å². The van der Waals surface area contributed by atoms with E-state index in [1.54, 1.807) is 12.1 Å². The molecule has 1 atom stereocenters. The average molecular weight is 484 g/mol. The van der Waals surface area contributed by atoms with Crippen molar-refractivity contribution in [2.24, 2.45) is 5.92 Å². The van der Waals surface area contributed by atoms with E-state index in [0.29, 0.717) is 31.0 Å². The summed E-state index contributed by atoms with van der Waals surface area (Å²) in [5, 5.41) is 0.491. The zero-order chi connectivity index (χ0) is 19.9. The number of carbonyl (C=O) groups is 1. The Bertz CT molecular complexity index is 1010. The SMILES string of the molecule is O=C(C1CCCN(S(=O)(=O)c2ccc(Cl)cc2)C1)N1CCc2cc(Br)ccc21. The number of anilines is 1. The van der Waals surface area contributed by atoms with Gasteiger partial charge in [0.2, 0.25) is 15.9 Å². The highest BCUT2D eigenvalue weighted by molar-refractivity contribution is 9.10. The van der Waals surface area contributed by atoms with Gasteiger partial charge in [0.15, 0.2) is 0 Å². The maximum atomic E-state index is 13.2. The molecule has 2 heterocycles. The highest BCUT2D eigenvalue weighted by atomic mass is 79.9. The lowest BCUT2D eigenvalue weighted by molar-refractivity contribution is -0.123. The number of sulfonamides is 1. The number of benzene rings is 2. The topological polar surface area (TPSA) is 57.7 Å². The van der Waals surface area contributed by atoms with Gasteiger partial charge in [0.1, 0.15) is 0 Å². The molecule has 5 nitrogen and oxygen atoms in total. The van der Waals surface area contributed by atoms with E-state index >= 15 is 0 Å². The lowest BCUT2D eigenvalue weighted by Gasteiger charge is -2.33. The first-order valence-corrected chi connectivity index (χ1v) is 11.8. The monoisotopic (exact) mass is 482 g/mol. The number of hydrogen-bond acceptors (Lipinski definition) is 3. The van der Waals surface area contributed by atoms with Gasteiger partial charge >= 0.3 is 0 Å². The van der Waals surface area contributed by atoms with Crippen molar-refractivity contribution in [3.8, 4) is 0 Å². The Balaban J connectivity index is 1.53. The highest BCUT2D eigenvalue weighted by Crippen LogP contribution is 2.33. The van der Waals surface area contributed by atoms with Crippen molar-refractivity contribution in [2.45, 2.75) is 24.2 Å². The van der Waals surface area contributed by atoms with E-state index in [-0.39, 0.29) is 23.3 Å². The number of fused-ring (bicyclic) bond motifs is 1. The molecule has 0 aromatic heterocycles. The molecule has 1 unspecified atom stereocenters. The van der Waals surface area contributed by atoms with Crippen LogP contribution in [0.3, 0.4) is 0 Å². The van der Waals surface area contributed by atoms with Crippen molar-refractivity contribution >= 4 is 49.1 Å². The predicted molar refractivity (Wildman–Crippen MR) is 113 cm³/mol. The van der Waals surface area contributed by atoms with E-state index in [0.717, 1.165) is 22.1 Å². The minimum Gasteiger partial charge on any atom is -0.312 e. The fraction of sp³-hybridized carbons (Fsp3) is 0.350. The van der Waals surface area contributed by atoms with Crippen LogP contribution in [0, 0.1) is 5.92 Å². The number of nitrogens with zero attached hydrogens (tertiary/aromatic N) is 2. The molecule has 2 aromatic carbocycles. The molecule has 0 radical (unpaired) electrons. The number of rotatable bonds is 3. The van der Waals surface area contributed by atoms with Crippen LogP contribution in [0.2, 0.25) is 5.02 Å². The molecule has 0 spiro atoms. The van der Waals surface area contributed by atoms with E-state index in [1.807, 2.05) is 23.1 Å². The summed E-state index contributed by atoms with van der Waals surface area (Å²) in [6.07, 6.45) is 2.19. The summed E-state index contributed by atoms with van der Waals surface area (Å²) in [4.78, 5) is 15.2. The van der Waals surface area contributed by atoms with Gasteiger partial charge in [0, 0.05) is 34.8 Å². The number of halogens is 2. The molecule has 0 aliphatic carbocycles. The second-order valence-electron chi connectivity index (χ2n) is 7.17. The minimum atomic E-state index is -3.64. The molecule has 1 saturated heterocycles. The van der Waals surface area contributed by atoms with Crippen LogP contribution in [0.5, 0.6) is 0 Å². The molecule has 28 heavy (non-hydrogen) atoms. The molecular weight excluding hydrogens is 464 g/mol. The second-order valence-corrected chi connectivity index (χ2v) is 10.5. The van der Waals surface area contributed by atoms with Crippen molar-refractivity contribution in [1.29, 1.82) is 0 Å². The third-order valence-electron chi connectivity index (χ3n) is 5.39. The number of carbonyl (C=O) groups excluding carboxylic acids is 1. The van der Waals surface area contributed by atoms with Crippen LogP contribution in [-0.2, 0) is 21.2 Å². The lowest BCUT2D eigenvalue weighted by atomic mass is 9.98. The summed E-state index contributed by atoms with van der Waals surface area (Å²) in [6.45, 7) is 1.29. The van der Waals surface area contributed by atoms with E-state index in [9.17, 15) is 13.2 Å². The molecule has 2 aliphatic rings. The molecule has 0 bridgehead atoms. The maximum Gasteiger partial charge on any atom is 0.243 e. The van der Waals surface area contributed by atoms with Crippen molar-refractivity contribution in [2.75, 3.05) is 24.5 Å².